The molecule has 1 heterocycles. The van der Waals surface area contributed by atoms with Gasteiger partial charge in [-0.1, -0.05) is 162 Å². The second-order valence-corrected chi connectivity index (χ2v) is 21.4. The summed E-state index contributed by atoms with van der Waals surface area (Å²) in [6.07, 6.45) is 31.0. The highest BCUT2D eigenvalue weighted by atomic mass is 16.7. The SMILES string of the molecule is CCCCCCCCCCCCCCCCCC(=O)OC[C@H]1O[C@H](O[C@H]2CC[C@@]3(C)C(=CC[C@H]4[C@H]5CC[C@H]([C@H](C)/C=C/[C@@H](CC)C(C)C)[C@@]5(C)CC[C@@H]43)C2)[C@H](O)[C@@H](O)[C@@H]1O. The number of ether oxygens (including phenoxy) is 3. The Morgan fingerprint density at radius 1 is 0.783 bits per heavy atom. The first-order valence-electron chi connectivity index (χ1n) is 25.7. The molecule has 0 bridgehead atoms. The summed E-state index contributed by atoms with van der Waals surface area (Å²) in [6.45, 7) is 16.8. The molecular formula is C53H92O7. The molecule has 0 spiro atoms. The summed E-state index contributed by atoms with van der Waals surface area (Å²) in [6, 6.07) is 0. The highest BCUT2D eigenvalue weighted by molar-refractivity contribution is 5.69. The molecule has 5 rings (SSSR count). The van der Waals surface area contributed by atoms with Gasteiger partial charge in [-0.05, 0) is 116 Å². The van der Waals surface area contributed by atoms with Crippen molar-refractivity contribution in [1.82, 2.24) is 0 Å². The number of allylic oxidation sites excluding steroid dienone is 3. The molecule has 5 aliphatic rings. The fourth-order valence-corrected chi connectivity index (χ4v) is 13.2. The average molecular weight is 841 g/mol. The first-order valence-corrected chi connectivity index (χ1v) is 25.7. The third kappa shape index (κ3) is 12.7. The van der Waals surface area contributed by atoms with Crippen LogP contribution in [0.15, 0.2) is 23.8 Å². The Hall–Kier alpha value is -1.25. The normalized spacial score (nSPS) is 36.4. The molecule has 14 atom stereocenters. The largest absolute Gasteiger partial charge is 0.463 e. The van der Waals surface area contributed by atoms with E-state index in [1.54, 1.807) is 0 Å². The van der Waals surface area contributed by atoms with Gasteiger partial charge in [-0.2, -0.15) is 0 Å². The molecule has 0 aromatic rings. The van der Waals surface area contributed by atoms with Gasteiger partial charge in [0, 0.05) is 6.42 Å². The number of aliphatic hydroxyl groups excluding tert-OH is 3. The molecule has 0 unspecified atom stereocenters. The quantitative estimate of drug-likeness (QED) is 0.0477. The van der Waals surface area contributed by atoms with Crippen LogP contribution in [0.25, 0.3) is 0 Å². The Balaban J connectivity index is 1.02. The van der Waals surface area contributed by atoms with Gasteiger partial charge in [-0.3, -0.25) is 4.79 Å². The monoisotopic (exact) mass is 841 g/mol. The van der Waals surface area contributed by atoms with Crippen molar-refractivity contribution in [1.29, 1.82) is 0 Å². The molecule has 3 saturated carbocycles. The number of aliphatic hydroxyl groups is 3. The van der Waals surface area contributed by atoms with Gasteiger partial charge in [0.25, 0.3) is 0 Å². The van der Waals surface area contributed by atoms with Crippen LogP contribution in [-0.4, -0.2) is 64.7 Å². The van der Waals surface area contributed by atoms with Crippen LogP contribution in [0.4, 0.5) is 0 Å². The van der Waals surface area contributed by atoms with E-state index in [-0.39, 0.29) is 24.1 Å². The standard InChI is InChI=1S/C53H92O7/c1-8-10-11-12-13-14-15-16-17-18-19-20-21-22-23-24-47(54)58-36-46-48(55)49(56)50(57)51(60-46)59-41-31-33-52(6)40(35-41)27-28-42-44-30-29-43(53(44,7)34-32-45(42)52)38(5)25-26-39(9-2)37(3)4/h25-27,37-39,41-46,48-51,55-57H,8-24,28-36H2,1-7H3/b26-25+/t38-,39-,41+,42+,43-,44-,45+,46-,48-,49+,50-,51+,52+,53-/m1/s1. The zero-order chi connectivity index (χ0) is 43.3. The van der Waals surface area contributed by atoms with Gasteiger partial charge < -0.3 is 29.5 Å². The highest BCUT2D eigenvalue weighted by Crippen LogP contribution is 2.67. The topological polar surface area (TPSA) is 105 Å². The minimum Gasteiger partial charge on any atom is -0.463 e. The first-order chi connectivity index (χ1) is 28.8. The lowest BCUT2D eigenvalue weighted by Gasteiger charge is -2.58. The molecule has 0 radical (unpaired) electrons. The Bertz CT molecular complexity index is 1330. The van der Waals surface area contributed by atoms with E-state index in [9.17, 15) is 20.1 Å². The van der Waals surface area contributed by atoms with Gasteiger partial charge in [0.2, 0.25) is 0 Å². The zero-order valence-corrected chi connectivity index (χ0v) is 39.6. The number of esters is 1. The Morgan fingerprint density at radius 2 is 1.42 bits per heavy atom. The number of fused-ring (bicyclic) bond motifs is 5. The van der Waals surface area contributed by atoms with E-state index in [0.29, 0.717) is 35.5 Å². The van der Waals surface area contributed by atoms with E-state index in [1.165, 1.54) is 115 Å². The second kappa shape index (κ2) is 24.2. The van der Waals surface area contributed by atoms with E-state index in [4.69, 9.17) is 14.2 Å². The maximum Gasteiger partial charge on any atom is 0.305 e. The van der Waals surface area contributed by atoms with Crippen LogP contribution < -0.4 is 0 Å². The van der Waals surface area contributed by atoms with Crippen LogP contribution in [0, 0.1) is 52.3 Å². The van der Waals surface area contributed by atoms with Crippen LogP contribution in [0.3, 0.4) is 0 Å². The average Bonchev–Trinajstić information content (AvgIpc) is 3.59. The van der Waals surface area contributed by atoms with Gasteiger partial charge in [0.1, 0.15) is 31.0 Å². The molecule has 4 fully saturated rings. The van der Waals surface area contributed by atoms with Gasteiger partial charge >= 0.3 is 5.97 Å². The molecule has 4 aliphatic carbocycles. The van der Waals surface area contributed by atoms with E-state index >= 15 is 0 Å². The van der Waals surface area contributed by atoms with Gasteiger partial charge in [-0.25, -0.2) is 0 Å². The summed E-state index contributed by atoms with van der Waals surface area (Å²) < 4.78 is 18.0. The van der Waals surface area contributed by atoms with Crippen molar-refractivity contribution in [2.75, 3.05) is 6.61 Å². The summed E-state index contributed by atoms with van der Waals surface area (Å²) >= 11 is 0. The predicted octanol–water partition coefficient (Wildman–Crippen LogP) is 12.4. The third-order valence-electron chi connectivity index (χ3n) is 17.1. The smallest absolute Gasteiger partial charge is 0.305 e. The van der Waals surface area contributed by atoms with Crippen LogP contribution in [0.1, 0.15) is 209 Å². The van der Waals surface area contributed by atoms with Gasteiger partial charge in [0.15, 0.2) is 6.29 Å². The third-order valence-corrected chi connectivity index (χ3v) is 17.1. The molecule has 7 nitrogen and oxygen atoms in total. The highest BCUT2D eigenvalue weighted by Gasteiger charge is 2.59. The van der Waals surface area contributed by atoms with Crippen LogP contribution in [0.5, 0.6) is 0 Å². The number of unbranched alkanes of at least 4 members (excludes halogenated alkanes) is 14. The lowest BCUT2D eigenvalue weighted by molar-refractivity contribution is -0.313. The summed E-state index contributed by atoms with van der Waals surface area (Å²) in [5, 5.41) is 32.5. The first kappa shape index (κ1) is 49.8. The number of carbonyl (C=O) groups excluding carboxylic acids is 1. The maximum atomic E-state index is 12.6. The Morgan fingerprint density at radius 3 is 2.03 bits per heavy atom. The van der Waals surface area contributed by atoms with Crippen LogP contribution in [0.2, 0.25) is 0 Å². The molecule has 1 saturated heterocycles. The second-order valence-electron chi connectivity index (χ2n) is 21.4. The van der Waals surface area contributed by atoms with E-state index < -0.39 is 30.7 Å². The molecule has 1 aliphatic heterocycles. The van der Waals surface area contributed by atoms with Crippen LogP contribution >= 0.6 is 0 Å². The number of carbonyl (C=O) groups is 1. The molecular weight excluding hydrogens is 749 g/mol. The summed E-state index contributed by atoms with van der Waals surface area (Å²) in [5.74, 6) is 4.62. The summed E-state index contributed by atoms with van der Waals surface area (Å²) in [7, 11) is 0. The summed E-state index contributed by atoms with van der Waals surface area (Å²) in [4.78, 5) is 12.6. The zero-order valence-electron chi connectivity index (χ0n) is 39.6. The molecule has 0 amide bonds. The Kier molecular flexibility index (Phi) is 20.0. The van der Waals surface area contributed by atoms with Gasteiger partial charge in [0.05, 0.1) is 6.10 Å². The fourth-order valence-electron chi connectivity index (χ4n) is 13.2. The lowest BCUT2D eigenvalue weighted by atomic mass is 9.47. The lowest BCUT2D eigenvalue weighted by Crippen LogP contribution is -2.60. The van der Waals surface area contributed by atoms with Crippen molar-refractivity contribution < 1.29 is 34.3 Å². The molecule has 0 aromatic carbocycles. The van der Waals surface area contributed by atoms with E-state index in [2.05, 4.69) is 66.7 Å². The minimum atomic E-state index is -1.44. The molecule has 3 N–H and O–H groups in total. The fraction of sp³-hybridized carbons (Fsp3) is 0.906. The van der Waals surface area contributed by atoms with E-state index in [0.717, 1.165) is 62.7 Å². The minimum absolute atomic E-state index is 0.147. The summed E-state index contributed by atoms with van der Waals surface area (Å²) in [5.41, 5.74) is 2.05. The maximum absolute atomic E-state index is 12.6. The van der Waals surface area contributed by atoms with Gasteiger partial charge in [-0.15, -0.1) is 0 Å². The van der Waals surface area contributed by atoms with Crippen molar-refractivity contribution in [3.63, 3.8) is 0 Å². The molecule has 7 heteroatoms. The number of hydrogen-bond acceptors (Lipinski definition) is 7. The van der Waals surface area contributed by atoms with E-state index in [1.807, 2.05) is 0 Å². The Labute approximate surface area is 367 Å². The van der Waals surface area contributed by atoms with Crippen LogP contribution in [-0.2, 0) is 19.0 Å². The molecule has 346 valence electrons. The van der Waals surface area contributed by atoms with Crippen molar-refractivity contribution in [3.8, 4) is 0 Å². The van der Waals surface area contributed by atoms with Crippen molar-refractivity contribution in [2.24, 2.45) is 52.3 Å². The van der Waals surface area contributed by atoms with Crippen molar-refractivity contribution in [3.05, 3.63) is 23.8 Å². The number of rotatable bonds is 25. The van der Waals surface area contributed by atoms with Crippen molar-refractivity contribution in [2.45, 2.75) is 246 Å². The molecule has 60 heavy (non-hydrogen) atoms. The number of hydrogen-bond donors (Lipinski definition) is 3. The van der Waals surface area contributed by atoms with Crippen molar-refractivity contribution >= 4 is 5.97 Å². The molecule has 0 aromatic heterocycles. The predicted molar refractivity (Wildman–Crippen MR) is 244 cm³/mol.